The van der Waals surface area contributed by atoms with E-state index in [2.05, 4.69) is 11.6 Å². The van der Waals surface area contributed by atoms with Crippen LogP contribution >= 0.6 is 0 Å². The minimum Gasteiger partial charge on any atom is -0.211 e. The van der Waals surface area contributed by atoms with Crippen LogP contribution in [0.4, 0.5) is 0 Å². The first-order valence-electron chi connectivity index (χ1n) is 6.20. The molecule has 0 amide bonds. The maximum Gasteiger partial charge on any atom is 0.240 e. The number of hydrogen-bond donors (Lipinski definition) is 1. The van der Waals surface area contributed by atoms with E-state index >= 15 is 0 Å². The lowest BCUT2D eigenvalue weighted by Crippen LogP contribution is -2.25. The van der Waals surface area contributed by atoms with E-state index in [-0.39, 0.29) is 0 Å². The molecule has 17 heavy (non-hydrogen) atoms. The van der Waals surface area contributed by atoms with E-state index in [1.165, 1.54) is 5.56 Å². The van der Waals surface area contributed by atoms with Gasteiger partial charge < -0.3 is 0 Å². The van der Waals surface area contributed by atoms with Gasteiger partial charge >= 0.3 is 0 Å². The van der Waals surface area contributed by atoms with Gasteiger partial charge in [0, 0.05) is 6.54 Å². The fourth-order valence-corrected chi connectivity index (χ4v) is 2.87. The summed E-state index contributed by atoms with van der Waals surface area (Å²) in [7, 11) is -3.30. The van der Waals surface area contributed by atoms with Gasteiger partial charge in [0.2, 0.25) is 10.0 Å². The molecule has 94 valence electrons. The second-order valence-electron chi connectivity index (χ2n) is 4.69. The highest BCUT2D eigenvalue weighted by Crippen LogP contribution is 2.28. The number of nitrogens with one attached hydrogen (secondary N) is 1. The summed E-state index contributed by atoms with van der Waals surface area (Å²) in [6, 6.07) is 7.19. The predicted octanol–water partition coefficient (Wildman–Crippen LogP) is 2.33. The third kappa shape index (κ3) is 3.54. The summed E-state index contributed by atoms with van der Waals surface area (Å²) in [6.07, 6.45) is 4.37. The van der Waals surface area contributed by atoms with Crippen molar-refractivity contribution in [2.75, 3.05) is 6.54 Å². The lowest BCUT2D eigenvalue weighted by molar-refractivity contribution is 0.577. The number of aryl methyl sites for hydroxylation is 1. The fourth-order valence-electron chi connectivity index (χ4n) is 1.76. The van der Waals surface area contributed by atoms with Crippen LogP contribution in [-0.2, 0) is 16.4 Å². The molecular weight excluding hydrogens is 234 g/mol. The minimum atomic E-state index is -3.30. The Morgan fingerprint density at radius 1 is 1.24 bits per heavy atom. The van der Waals surface area contributed by atoms with Crippen molar-refractivity contribution in [3.05, 3.63) is 29.8 Å². The molecule has 1 fully saturated rings. The van der Waals surface area contributed by atoms with Gasteiger partial charge in [0.1, 0.15) is 0 Å². The Bertz CT molecular complexity index is 461. The Hall–Kier alpha value is -0.870. The summed E-state index contributed by atoms with van der Waals surface area (Å²) in [6.45, 7) is 2.70. The number of rotatable bonds is 6. The molecule has 0 aliphatic heterocycles. The van der Waals surface area contributed by atoms with Crippen LogP contribution < -0.4 is 4.72 Å². The molecule has 0 unspecified atom stereocenters. The van der Waals surface area contributed by atoms with Gasteiger partial charge in [0.25, 0.3) is 0 Å². The summed E-state index contributed by atoms with van der Waals surface area (Å²) in [5.41, 5.74) is 1.19. The van der Waals surface area contributed by atoms with Crippen molar-refractivity contribution in [3.63, 3.8) is 0 Å². The lowest BCUT2D eigenvalue weighted by Gasteiger charge is -2.06. The molecule has 0 spiro atoms. The topological polar surface area (TPSA) is 46.2 Å². The zero-order valence-corrected chi connectivity index (χ0v) is 11.0. The van der Waals surface area contributed by atoms with Crippen LogP contribution in [0.3, 0.4) is 0 Å². The van der Waals surface area contributed by atoms with E-state index in [4.69, 9.17) is 0 Å². The van der Waals surface area contributed by atoms with Crippen LogP contribution in [0.5, 0.6) is 0 Å². The average molecular weight is 253 g/mol. The molecule has 1 saturated carbocycles. The zero-order valence-electron chi connectivity index (χ0n) is 10.1. The van der Waals surface area contributed by atoms with E-state index in [1.807, 2.05) is 12.1 Å². The molecule has 2 rings (SSSR count). The molecule has 1 aromatic carbocycles. The monoisotopic (exact) mass is 253 g/mol. The molecule has 1 aromatic rings. The van der Waals surface area contributed by atoms with Gasteiger partial charge in [-0.3, -0.25) is 0 Å². The highest BCUT2D eigenvalue weighted by molar-refractivity contribution is 7.89. The van der Waals surface area contributed by atoms with Crippen molar-refractivity contribution < 1.29 is 8.42 Å². The van der Waals surface area contributed by atoms with Crippen LogP contribution in [0, 0.1) is 5.92 Å². The Balaban J connectivity index is 2.03. The third-order valence-corrected chi connectivity index (χ3v) is 4.47. The molecule has 0 aromatic heterocycles. The zero-order chi connectivity index (χ0) is 12.3. The van der Waals surface area contributed by atoms with Gasteiger partial charge in [-0.2, -0.15) is 0 Å². The fraction of sp³-hybridized carbons (Fsp3) is 0.538. The maximum absolute atomic E-state index is 11.9. The first-order chi connectivity index (χ1) is 8.12. The molecule has 0 atom stereocenters. The molecule has 1 aliphatic rings. The van der Waals surface area contributed by atoms with Crippen molar-refractivity contribution >= 4 is 10.0 Å². The Morgan fingerprint density at radius 3 is 2.41 bits per heavy atom. The SMILES string of the molecule is CCCc1ccc(S(=O)(=O)NCC2CC2)cc1. The first kappa shape index (κ1) is 12.6. The van der Waals surface area contributed by atoms with Crippen LogP contribution in [-0.4, -0.2) is 15.0 Å². The van der Waals surface area contributed by atoms with Crippen molar-refractivity contribution in [3.8, 4) is 0 Å². The van der Waals surface area contributed by atoms with Gasteiger partial charge in [-0.25, -0.2) is 13.1 Å². The van der Waals surface area contributed by atoms with Crippen LogP contribution in [0.15, 0.2) is 29.2 Å². The number of sulfonamides is 1. The Labute approximate surface area is 103 Å². The van der Waals surface area contributed by atoms with Gasteiger partial charge in [-0.05, 0) is 42.9 Å². The van der Waals surface area contributed by atoms with Crippen LogP contribution in [0.2, 0.25) is 0 Å². The highest BCUT2D eigenvalue weighted by atomic mass is 32.2. The minimum absolute atomic E-state index is 0.373. The van der Waals surface area contributed by atoms with E-state index in [0.717, 1.165) is 25.7 Å². The quantitative estimate of drug-likeness (QED) is 0.845. The third-order valence-electron chi connectivity index (χ3n) is 3.03. The number of hydrogen-bond acceptors (Lipinski definition) is 2. The average Bonchev–Trinajstić information content (AvgIpc) is 3.12. The first-order valence-corrected chi connectivity index (χ1v) is 7.69. The molecular formula is C13H19NO2S. The second-order valence-corrected chi connectivity index (χ2v) is 6.46. The smallest absolute Gasteiger partial charge is 0.211 e. The molecule has 0 saturated heterocycles. The van der Waals surface area contributed by atoms with Crippen molar-refractivity contribution in [2.24, 2.45) is 5.92 Å². The van der Waals surface area contributed by atoms with Crippen molar-refractivity contribution in [1.82, 2.24) is 4.72 Å². The summed E-state index contributed by atoms with van der Waals surface area (Å²) in [5, 5.41) is 0. The molecule has 0 bridgehead atoms. The number of benzene rings is 1. The summed E-state index contributed by atoms with van der Waals surface area (Å²) in [5.74, 6) is 0.559. The molecule has 0 heterocycles. The van der Waals surface area contributed by atoms with Gasteiger partial charge in [0.05, 0.1) is 4.90 Å². The molecule has 1 N–H and O–H groups in total. The van der Waals surface area contributed by atoms with E-state index in [9.17, 15) is 8.42 Å². The van der Waals surface area contributed by atoms with E-state index in [1.54, 1.807) is 12.1 Å². The summed E-state index contributed by atoms with van der Waals surface area (Å²) in [4.78, 5) is 0.373. The van der Waals surface area contributed by atoms with E-state index in [0.29, 0.717) is 17.4 Å². The van der Waals surface area contributed by atoms with Crippen molar-refractivity contribution in [2.45, 2.75) is 37.5 Å². The maximum atomic E-state index is 11.9. The Kier molecular flexibility index (Phi) is 3.84. The molecule has 1 aliphatic carbocycles. The van der Waals surface area contributed by atoms with Gasteiger partial charge in [0.15, 0.2) is 0 Å². The normalized spacial score (nSPS) is 16.1. The molecule has 0 radical (unpaired) electrons. The van der Waals surface area contributed by atoms with Crippen LogP contribution in [0.25, 0.3) is 0 Å². The summed E-state index contributed by atoms with van der Waals surface area (Å²) >= 11 is 0. The Morgan fingerprint density at radius 2 is 1.88 bits per heavy atom. The lowest BCUT2D eigenvalue weighted by atomic mass is 10.1. The second kappa shape index (κ2) is 5.19. The van der Waals surface area contributed by atoms with Gasteiger partial charge in [-0.15, -0.1) is 0 Å². The largest absolute Gasteiger partial charge is 0.240 e. The van der Waals surface area contributed by atoms with Crippen molar-refractivity contribution in [1.29, 1.82) is 0 Å². The summed E-state index contributed by atoms with van der Waals surface area (Å²) < 4.78 is 26.5. The molecule has 3 nitrogen and oxygen atoms in total. The van der Waals surface area contributed by atoms with E-state index < -0.39 is 10.0 Å². The van der Waals surface area contributed by atoms with Gasteiger partial charge in [-0.1, -0.05) is 25.5 Å². The predicted molar refractivity (Wildman–Crippen MR) is 68.3 cm³/mol. The highest BCUT2D eigenvalue weighted by Gasteiger charge is 2.24. The standard InChI is InChI=1S/C13H19NO2S/c1-2-3-11-6-8-13(9-7-11)17(15,16)14-10-12-4-5-12/h6-9,12,14H,2-5,10H2,1H3. The van der Waals surface area contributed by atoms with Crippen LogP contribution in [0.1, 0.15) is 31.7 Å². The molecule has 4 heteroatoms.